The molecule has 1 fully saturated rings. The van der Waals surface area contributed by atoms with Crippen LogP contribution in [-0.4, -0.2) is 67.7 Å². The molecule has 0 bridgehead atoms. The zero-order valence-electron chi connectivity index (χ0n) is 17.8. The van der Waals surface area contributed by atoms with E-state index in [1.54, 1.807) is 7.11 Å². The van der Waals surface area contributed by atoms with Gasteiger partial charge in [-0.25, -0.2) is 4.98 Å². The first-order chi connectivity index (χ1) is 14.8. The Morgan fingerprint density at radius 1 is 1.10 bits per heavy atom. The van der Waals surface area contributed by atoms with Gasteiger partial charge in [0.2, 0.25) is 0 Å². The zero-order valence-corrected chi connectivity index (χ0v) is 17.8. The highest BCUT2D eigenvalue weighted by Crippen LogP contribution is 2.28. The maximum Gasteiger partial charge on any atom is 0.193 e. The van der Waals surface area contributed by atoms with Crippen LogP contribution in [-0.2, 0) is 6.42 Å². The molecular weight excluding hydrogens is 376 g/mol. The number of anilines is 1. The van der Waals surface area contributed by atoms with Crippen molar-refractivity contribution in [2.75, 3.05) is 51.8 Å². The fraction of sp³-hybridized carbons (Fsp3) is 0.391. The van der Waals surface area contributed by atoms with Gasteiger partial charge in [0.1, 0.15) is 11.6 Å². The Balaban J connectivity index is 1.25. The lowest BCUT2D eigenvalue weighted by Gasteiger charge is -2.38. The van der Waals surface area contributed by atoms with Crippen LogP contribution in [0.15, 0.2) is 53.5 Å². The Hall–Kier alpha value is -3.22. The number of aliphatic imine (C=N–C) groups is 1. The largest absolute Gasteiger partial charge is 0.495 e. The van der Waals surface area contributed by atoms with Crippen molar-refractivity contribution in [3.05, 3.63) is 54.4 Å². The fourth-order valence-electron chi connectivity index (χ4n) is 3.96. The van der Waals surface area contributed by atoms with Crippen LogP contribution < -0.4 is 15.0 Å². The number of H-pyrrole nitrogens is 1. The second kappa shape index (κ2) is 9.52. The summed E-state index contributed by atoms with van der Waals surface area (Å²) in [6, 6.07) is 16.4. The number of benzene rings is 2. The highest BCUT2D eigenvalue weighted by molar-refractivity contribution is 5.80. The molecule has 0 saturated carbocycles. The lowest BCUT2D eigenvalue weighted by molar-refractivity contribution is 0.367. The SMILES string of the molecule is CN=C(NCCCc1nc2ccccc2[nH]1)N1CCN(c2ccccc2OC)CC1. The average Bonchev–Trinajstić information content (AvgIpc) is 3.22. The molecular formula is C23H30N6O. The van der Waals surface area contributed by atoms with Crippen LogP contribution in [0.2, 0.25) is 0 Å². The Bertz CT molecular complexity index is 957. The highest BCUT2D eigenvalue weighted by Gasteiger charge is 2.21. The molecule has 2 N–H and O–H groups in total. The van der Waals surface area contributed by atoms with Gasteiger partial charge in [-0.3, -0.25) is 4.99 Å². The maximum atomic E-state index is 5.52. The number of aromatic nitrogens is 2. The summed E-state index contributed by atoms with van der Waals surface area (Å²) in [6.45, 7) is 4.62. The summed E-state index contributed by atoms with van der Waals surface area (Å²) >= 11 is 0. The van der Waals surface area contributed by atoms with Crippen molar-refractivity contribution in [3.8, 4) is 5.75 Å². The summed E-state index contributed by atoms with van der Waals surface area (Å²) in [5, 5.41) is 3.51. The summed E-state index contributed by atoms with van der Waals surface area (Å²) in [7, 11) is 3.58. The number of rotatable bonds is 6. The van der Waals surface area contributed by atoms with Crippen molar-refractivity contribution in [2.45, 2.75) is 12.8 Å². The van der Waals surface area contributed by atoms with E-state index in [4.69, 9.17) is 4.74 Å². The highest BCUT2D eigenvalue weighted by atomic mass is 16.5. The zero-order chi connectivity index (χ0) is 20.8. The van der Waals surface area contributed by atoms with Crippen LogP contribution >= 0.6 is 0 Å². The van der Waals surface area contributed by atoms with E-state index in [9.17, 15) is 0 Å². The van der Waals surface area contributed by atoms with Gasteiger partial charge in [-0.15, -0.1) is 0 Å². The molecule has 1 aliphatic rings. The Morgan fingerprint density at radius 3 is 2.63 bits per heavy atom. The lowest BCUT2D eigenvalue weighted by atomic mass is 10.2. The molecule has 0 amide bonds. The molecule has 0 atom stereocenters. The van der Waals surface area contributed by atoms with Crippen molar-refractivity contribution in [3.63, 3.8) is 0 Å². The second-order valence-corrected chi connectivity index (χ2v) is 7.42. The summed E-state index contributed by atoms with van der Waals surface area (Å²) in [5.41, 5.74) is 3.29. The van der Waals surface area contributed by atoms with Crippen LogP contribution in [0.5, 0.6) is 5.75 Å². The first-order valence-corrected chi connectivity index (χ1v) is 10.6. The van der Waals surface area contributed by atoms with Crippen LogP contribution in [0.3, 0.4) is 0 Å². The van der Waals surface area contributed by atoms with Crippen LogP contribution in [0.1, 0.15) is 12.2 Å². The first kappa shape index (κ1) is 20.1. The molecule has 7 nitrogen and oxygen atoms in total. The van der Waals surface area contributed by atoms with E-state index in [0.29, 0.717) is 0 Å². The standard InChI is InChI=1S/C23H30N6O/c1-24-23(25-13-7-12-22-26-18-8-3-4-9-19(18)27-22)29-16-14-28(15-17-29)20-10-5-6-11-21(20)30-2/h3-6,8-11H,7,12-17H2,1-2H3,(H,24,25)(H,26,27). The number of para-hydroxylation sites is 4. The number of nitrogens with zero attached hydrogens (tertiary/aromatic N) is 4. The van der Waals surface area contributed by atoms with Gasteiger partial charge in [-0.05, 0) is 30.7 Å². The van der Waals surface area contributed by atoms with Gasteiger partial charge in [0.15, 0.2) is 5.96 Å². The van der Waals surface area contributed by atoms with Gasteiger partial charge in [0, 0.05) is 46.2 Å². The molecule has 0 spiro atoms. The van der Waals surface area contributed by atoms with Gasteiger partial charge < -0.3 is 24.8 Å². The number of guanidine groups is 1. The molecule has 7 heteroatoms. The van der Waals surface area contributed by atoms with Gasteiger partial charge in [-0.1, -0.05) is 24.3 Å². The third kappa shape index (κ3) is 4.50. The molecule has 30 heavy (non-hydrogen) atoms. The number of hydrogen-bond donors (Lipinski definition) is 2. The predicted molar refractivity (Wildman–Crippen MR) is 123 cm³/mol. The van der Waals surface area contributed by atoms with E-state index in [2.05, 4.69) is 48.3 Å². The van der Waals surface area contributed by atoms with E-state index in [0.717, 1.165) is 79.8 Å². The topological polar surface area (TPSA) is 68.8 Å². The molecule has 3 aromatic rings. The second-order valence-electron chi connectivity index (χ2n) is 7.42. The number of aromatic amines is 1. The molecule has 1 saturated heterocycles. The summed E-state index contributed by atoms with van der Waals surface area (Å²) in [5.74, 6) is 2.94. The third-order valence-electron chi connectivity index (χ3n) is 5.53. The van der Waals surface area contributed by atoms with Crippen molar-refractivity contribution in [1.82, 2.24) is 20.2 Å². The molecule has 0 unspecified atom stereocenters. The molecule has 158 valence electrons. The smallest absolute Gasteiger partial charge is 0.193 e. The van der Waals surface area contributed by atoms with E-state index in [1.807, 2.05) is 37.4 Å². The number of hydrogen-bond acceptors (Lipinski definition) is 4. The van der Waals surface area contributed by atoms with Gasteiger partial charge in [0.25, 0.3) is 0 Å². The quantitative estimate of drug-likeness (QED) is 0.374. The molecule has 1 aliphatic heterocycles. The minimum Gasteiger partial charge on any atom is -0.495 e. The number of piperazine rings is 1. The fourth-order valence-corrected chi connectivity index (χ4v) is 3.96. The Morgan fingerprint density at radius 2 is 1.87 bits per heavy atom. The number of aryl methyl sites for hydroxylation is 1. The van der Waals surface area contributed by atoms with E-state index in [1.165, 1.54) is 0 Å². The van der Waals surface area contributed by atoms with E-state index in [-0.39, 0.29) is 0 Å². The normalized spacial score (nSPS) is 14.9. The summed E-state index contributed by atoms with van der Waals surface area (Å²) < 4.78 is 5.52. The van der Waals surface area contributed by atoms with Crippen molar-refractivity contribution in [2.24, 2.45) is 4.99 Å². The van der Waals surface area contributed by atoms with Gasteiger partial charge in [-0.2, -0.15) is 0 Å². The predicted octanol–water partition coefficient (Wildman–Crippen LogP) is 2.90. The van der Waals surface area contributed by atoms with E-state index >= 15 is 0 Å². The minimum atomic E-state index is 0.871. The van der Waals surface area contributed by atoms with Crippen molar-refractivity contribution < 1.29 is 4.74 Å². The lowest BCUT2D eigenvalue weighted by Crippen LogP contribution is -2.52. The summed E-state index contributed by atoms with van der Waals surface area (Å²) in [6.07, 6.45) is 1.92. The van der Waals surface area contributed by atoms with Crippen LogP contribution in [0.4, 0.5) is 5.69 Å². The third-order valence-corrected chi connectivity index (χ3v) is 5.53. The monoisotopic (exact) mass is 406 g/mol. The number of nitrogens with one attached hydrogen (secondary N) is 2. The van der Waals surface area contributed by atoms with Gasteiger partial charge >= 0.3 is 0 Å². The number of imidazole rings is 1. The van der Waals surface area contributed by atoms with Crippen LogP contribution in [0.25, 0.3) is 11.0 Å². The number of ether oxygens (including phenoxy) is 1. The van der Waals surface area contributed by atoms with Crippen LogP contribution in [0, 0.1) is 0 Å². The minimum absolute atomic E-state index is 0.871. The molecule has 1 aromatic heterocycles. The van der Waals surface area contributed by atoms with Crippen molar-refractivity contribution >= 4 is 22.7 Å². The number of fused-ring (bicyclic) bond motifs is 1. The Kier molecular flexibility index (Phi) is 6.37. The molecule has 4 rings (SSSR count). The maximum absolute atomic E-state index is 5.52. The summed E-state index contributed by atoms with van der Waals surface area (Å²) in [4.78, 5) is 17.2. The average molecular weight is 407 g/mol. The molecule has 2 heterocycles. The molecule has 0 radical (unpaired) electrons. The van der Waals surface area contributed by atoms with Gasteiger partial charge in [0.05, 0.1) is 23.8 Å². The first-order valence-electron chi connectivity index (χ1n) is 10.6. The Labute approximate surface area is 177 Å². The number of methoxy groups -OCH3 is 1. The molecule has 0 aliphatic carbocycles. The van der Waals surface area contributed by atoms with E-state index < -0.39 is 0 Å². The molecule has 2 aromatic carbocycles. The van der Waals surface area contributed by atoms with Crippen molar-refractivity contribution in [1.29, 1.82) is 0 Å².